The first-order chi connectivity index (χ1) is 9.63. The fourth-order valence-electron chi connectivity index (χ4n) is 1.64. The van der Waals surface area contributed by atoms with Crippen LogP contribution in [0.2, 0.25) is 0 Å². The van der Waals surface area contributed by atoms with E-state index in [1.165, 1.54) is 11.3 Å². The lowest BCUT2D eigenvalue weighted by atomic mass is 10.3. The van der Waals surface area contributed by atoms with Gasteiger partial charge in [0.1, 0.15) is 5.69 Å². The van der Waals surface area contributed by atoms with E-state index in [1.807, 2.05) is 6.92 Å². The van der Waals surface area contributed by atoms with Crippen LogP contribution in [-0.2, 0) is 17.8 Å². The van der Waals surface area contributed by atoms with Gasteiger partial charge in [0, 0.05) is 25.2 Å². The van der Waals surface area contributed by atoms with Crippen LogP contribution in [0.4, 0.5) is 5.13 Å². The highest BCUT2D eigenvalue weighted by Gasteiger charge is 2.13. The number of nitrogens with zero attached hydrogens (tertiary/aromatic N) is 3. The molecule has 0 fully saturated rings. The number of thiazole rings is 1. The zero-order valence-electron chi connectivity index (χ0n) is 11.2. The maximum absolute atomic E-state index is 12.1. The Bertz CT molecular complexity index is 619. The summed E-state index contributed by atoms with van der Waals surface area (Å²) in [5.41, 5.74) is 1.12. The normalized spacial score (nSPS) is 10.3. The number of hydrogen-bond donors (Lipinski definition) is 2. The number of likely N-dealkylation sites (N-methyl/N-ethyl adjacent to an activating group) is 1. The highest BCUT2D eigenvalue weighted by molar-refractivity contribution is 7.14. The van der Waals surface area contributed by atoms with Gasteiger partial charge in [0.25, 0.3) is 5.91 Å². The fraction of sp³-hybridized carbons (Fsp3) is 0.333. The van der Waals surface area contributed by atoms with E-state index < -0.39 is 0 Å². The van der Waals surface area contributed by atoms with Crippen molar-refractivity contribution in [3.05, 3.63) is 29.0 Å². The van der Waals surface area contributed by atoms with Gasteiger partial charge in [-0.25, -0.2) is 4.98 Å². The molecule has 2 rings (SSSR count). The van der Waals surface area contributed by atoms with Crippen molar-refractivity contribution in [2.45, 2.75) is 19.9 Å². The van der Waals surface area contributed by atoms with Gasteiger partial charge >= 0.3 is 0 Å². The summed E-state index contributed by atoms with van der Waals surface area (Å²) in [5.74, 6) is -0.373. The zero-order valence-corrected chi connectivity index (χ0v) is 12.0. The number of amides is 2. The van der Waals surface area contributed by atoms with Crippen LogP contribution in [0, 0.1) is 0 Å². The van der Waals surface area contributed by atoms with Crippen LogP contribution >= 0.6 is 11.3 Å². The van der Waals surface area contributed by atoms with Crippen molar-refractivity contribution in [3.8, 4) is 0 Å². The van der Waals surface area contributed by atoms with E-state index in [4.69, 9.17) is 0 Å². The molecule has 20 heavy (non-hydrogen) atoms. The van der Waals surface area contributed by atoms with Crippen LogP contribution in [0.3, 0.4) is 0 Å². The first kappa shape index (κ1) is 14.2. The van der Waals surface area contributed by atoms with Crippen LogP contribution in [0.25, 0.3) is 0 Å². The lowest BCUT2D eigenvalue weighted by Gasteiger charge is -2.03. The molecule has 0 aliphatic carbocycles. The van der Waals surface area contributed by atoms with E-state index in [-0.39, 0.29) is 18.2 Å². The minimum absolute atomic E-state index is 0.114. The average molecular weight is 293 g/mol. The third-order valence-corrected chi connectivity index (χ3v) is 3.45. The van der Waals surface area contributed by atoms with Gasteiger partial charge in [0.2, 0.25) is 5.91 Å². The molecule has 8 heteroatoms. The molecule has 2 amide bonds. The topological polar surface area (TPSA) is 88.9 Å². The van der Waals surface area contributed by atoms with Crippen molar-refractivity contribution >= 4 is 28.3 Å². The Morgan fingerprint density at radius 1 is 1.45 bits per heavy atom. The molecule has 0 saturated carbocycles. The Labute approximate surface area is 120 Å². The summed E-state index contributed by atoms with van der Waals surface area (Å²) in [6.07, 6.45) is 1.78. The Hall–Kier alpha value is -2.22. The van der Waals surface area contributed by atoms with Crippen molar-refractivity contribution in [3.63, 3.8) is 0 Å². The molecule has 0 bridgehead atoms. The average Bonchev–Trinajstić information content (AvgIpc) is 3.07. The molecule has 0 aliphatic heterocycles. The van der Waals surface area contributed by atoms with E-state index >= 15 is 0 Å². The number of aryl methyl sites for hydroxylation is 1. The van der Waals surface area contributed by atoms with Crippen molar-refractivity contribution in [2.24, 2.45) is 0 Å². The van der Waals surface area contributed by atoms with Gasteiger partial charge in [0.05, 0.1) is 12.1 Å². The van der Waals surface area contributed by atoms with Crippen LogP contribution < -0.4 is 10.6 Å². The second kappa shape index (κ2) is 6.29. The molecule has 0 unspecified atom stereocenters. The molecule has 2 aromatic rings. The van der Waals surface area contributed by atoms with Crippen molar-refractivity contribution < 1.29 is 9.59 Å². The number of nitrogens with one attached hydrogen (secondary N) is 2. The van der Waals surface area contributed by atoms with Gasteiger partial charge in [-0.15, -0.1) is 11.3 Å². The Kier molecular flexibility index (Phi) is 4.46. The summed E-state index contributed by atoms with van der Waals surface area (Å²) in [5, 5.41) is 11.5. The molecule has 0 saturated heterocycles. The van der Waals surface area contributed by atoms with E-state index in [1.54, 1.807) is 29.4 Å². The Morgan fingerprint density at radius 3 is 2.95 bits per heavy atom. The van der Waals surface area contributed by atoms with Gasteiger partial charge in [-0.2, -0.15) is 5.10 Å². The second-order valence-corrected chi connectivity index (χ2v) is 4.84. The van der Waals surface area contributed by atoms with Gasteiger partial charge in [-0.05, 0) is 13.0 Å². The molecule has 0 aromatic carbocycles. The SMILES string of the molecule is CCn1nccc1C(=O)Nc1nc(CC(=O)NC)cs1. The predicted molar refractivity (Wildman–Crippen MR) is 75.7 cm³/mol. The number of aromatic nitrogens is 3. The van der Waals surface area contributed by atoms with Gasteiger partial charge in [-0.3, -0.25) is 19.6 Å². The maximum atomic E-state index is 12.1. The van der Waals surface area contributed by atoms with Crippen LogP contribution in [0.5, 0.6) is 0 Å². The molecule has 0 atom stereocenters. The maximum Gasteiger partial charge on any atom is 0.275 e. The standard InChI is InChI=1S/C12H15N5O2S/c1-3-17-9(4-5-14-17)11(19)16-12-15-8(7-20-12)6-10(18)13-2/h4-5,7H,3,6H2,1-2H3,(H,13,18)(H,15,16,19). The zero-order chi connectivity index (χ0) is 14.5. The van der Waals surface area contributed by atoms with Crippen molar-refractivity contribution in [2.75, 3.05) is 12.4 Å². The summed E-state index contributed by atoms with van der Waals surface area (Å²) in [4.78, 5) is 27.5. The first-order valence-corrected chi connectivity index (χ1v) is 7.00. The van der Waals surface area contributed by atoms with E-state index in [0.717, 1.165) is 0 Å². The number of carbonyl (C=O) groups excluding carboxylic acids is 2. The van der Waals surface area contributed by atoms with Crippen LogP contribution in [-0.4, -0.2) is 33.6 Å². The first-order valence-electron chi connectivity index (χ1n) is 6.12. The highest BCUT2D eigenvalue weighted by atomic mass is 32.1. The van der Waals surface area contributed by atoms with Crippen LogP contribution in [0.1, 0.15) is 23.1 Å². The Balaban J connectivity index is 2.03. The largest absolute Gasteiger partial charge is 0.359 e. The number of rotatable bonds is 5. The second-order valence-electron chi connectivity index (χ2n) is 3.98. The minimum atomic E-state index is -0.259. The molecule has 2 N–H and O–H groups in total. The molecule has 2 aromatic heterocycles. The monoisotopic (exact) mass is 293 g/mol. The minimum Gasteiger partial charge on any atom is -0.359 e. The molecule has 0 spiro atoms. The van der Waals surface area contributed by atoms with Gasteiger partial charge < -0.3 is 5.32 Å². The van der Waals surface area contributed by atoms with Gasteiger partial charge in [-0.1, -0.05) is 0 Å². The third kappa shape index (κ3) is 3.21. The lowest BCUT2D eigenvalue weighted by molar-refractivity contribution is -0.120. The van der Waals surface area contributed by atoms with Crippen LogP contribution in [0.15, 0.2) is 17.6 Å². The summed E-state index contributed by atoms with van der Waals surface area (Å²) in [7, 11) is 1.57. The van der Waals surface area contributed by atoms with Crippen molar-refractivity contribution in [1.82, 2.24) is 20.1 Å². The smallest absolute Gasteiger partial charge is 0.275 e. The molecule has 106 valence electrons. The van der Waals surface area contributed by atoms with Crippen molar-refractivity contribution in [1.29, 1.82) is 0 Å². The third-order valence-electron chi connectivity index (χ3n) is 2.64. The summed E-state index contributed by atoms with van der Waals surface area (Å²) >= 11 is 1.29. The van der Waals surface area contributed by atoms with Gasteiger partial charge in [0.15, 0.2) is 5.13 Å². The van der Waals surface area contributed by atoms with E-state index in [9.17, 15) is 9.59 Å². The molecule has 7 nitrogen and oxygen atoms in total. The molecular formula is C12H15N5O2S. The fourth-order valence-corrected chi connectivity index (χ4v) is 2.34. The Morgan fingerprint density at radius 2 is 2.25 bits per heavy atom. The number of carbonyl (C=O) groups is 2. The number of anilines is 1. The number of hydrogen-bond acceptors (Lipinski definition) is 5. The predicted octanol–water partition coefficient (Wildman–Crippen LogP) is 0.900. The molecular weight excluding hydrogens is 278 g/mol. The van der Waals surface area contributed by atoms with E-state index in [0.29, 0.717) is 23.1 Å². The summed E-state index contributed by atoms with van der Waals surface area (Å²) < 4.78 is 1.61. The molecule has 0 aliphatic rings. The highest BCUT2D eigenvalue weighted by Crippen LogP contribution is 2.16. The summed E-state index contributed by atoms with van der Waals surface area (Å²) in [6.45, 7) is 2.53. The van der Waals surface area contributed by atoms with E-state index in [2.05, 4.69) is 20.7 Å². The molecule has 0 radical (unpaired) electrons. The quantitative estimate of drug-likeness (QED) is 0.857. The molecule has 2 heterocycles. The summed E-state index contributed by atoms with van der Waals surface area (Å²) in [6, 6.07) is 1.65. The lowest BCUT2D eigenvalue weighted by Crippen LogP contribution is -2.20.